The quantitative estimate of drug-likeness (QED) is 0.401. The van der Waals surface area contributed by atoms with Crippen LogP contribution < -0.4 is 0 Å². The van der Waals surface area contributed by atoms with E-state index in [2.05, 4.69) is 15.0 Å². The van der Waals surface area contributed by atoms with E-state index in [1.54, 1.807) is 6.21 Å². The fourth-order valence-corrected chi connectivity index (χ4v) is 0.264. The SMILES string of the molecule is CC=NC=NC=NCC. The molecule has 0 aromatic rings. The minimum atomic E-state index is 0.771. The number of rotatable bonds is 3. The first-order chi connectivity index (χ1) is 4.41. The van der Waals surface area contributed by atoms with Crippen LogP contribution in [0.3, 0.4) is 0 Å². The van der Waals surface area contributed by atoms with Crippen molar-refractivity contribution in [2.24, 2.45) is 15.0 Å². The molecule has 9 heavy (non-hydrogen) atoms. The average Bonchev–Trinajstić information content (AvgIpc) is 1.89. The van der Waals surface area contributed by atoms with E-state index < -0.39 is 0 Å². The third-order valence-corrected chi connectivity index (χ3v) is 0.613. The van der Waals surface area contributed by atoms with E-state index in [1.807, 2.05) is 13.8 Å². The van der Waals surface area contributed by atoms with E-state index in [1.165, 1.54) is 12.7 Å². The lowest BCUT2D eigenvalue weighted by Gasteiger charge is -1.74. The van der Waals surface area contributed by atoms with Gasteiger partial charge in [-0.25, -0.2) is 9.98 Å². The van der Waals surface area contributed by atoms with Crippen molar-refractivity contribution in [1.29, 1.82) is 0 Å². The smallest absolute Gasteiger partial charge is 0.116 e. The molecule has 0 heterocycles. The van der Waals surface area contributed by atoms with Gasteiger partial charge >= 0.3 is 0 Å². The Bertz CT molecular complexity index is 124. The van der Waals surface area contributed by atoms with Gasteiger partial charge < -0.3 is 0 Å². The zero-order valence-electron chi connectivity index (χ0n) is 5.78. The number of nitrogens with zero attached hydrogens (tertiary/aromatic N) is 3. The maximum atomic E-state index is 3.85. The summed E-state index contributed by atoms with van der Waals surface area (Å²) in [5.41, 5.74) is 0. The molecule has 0 aliphatic rings. The van der Waals surface area contributed by atoms with Crippen molar-refractivity contribution in [3.8, 4) is 0 Å². The highest BCUT2D eigenvalue weighted by Crippen LogP contribution is 1.64. The van der Waals surface area contributed by atoms with Gasteiger partial charge in [-0.1, -0.05) is 0 Å². The van der Waals surface area contributed by atoms with Crippen molar-refractivity contribution < 1.29 is 0 Å². The topological polar surface area (TPSA) is 37.1 Å². The van der Waals surface area contributed by atoms with Gasteiger partial charge in [0.25, 0.3) is 0 Å². The monoisotopic (exact) mass is 125 g/mol. The van der Waals surface area contributed by atoms with E-state index in [4.69, 9.17) is 0 Å². The Morgan fingerprint density at radius 3 is 2.56 bits per heavy atom. The molecule has 0 radical (unpaired) electrons. The summed E-state index contributed by atoms with van der Waals surface area (Å²) in [4.78, 5) is 11.3. The van der Waals surface area contributed by atoms with E-state index in [0.717, 1.165) is 6.54 Å². The van der Waals surface area contributed by atoms with Crippen LogP contribution in [0.4, 0.5) is 0 Å². The van der Waals surface area contributed by atoms with Crippen molar-refractivity contribution in [1.82, 2.24) is 0 Å². The number of aliphatic imine (C=N–C) groups is 3. The summed E-state index contributed by atoms with van der Waals surface area (Å²) >= 11 is 0. The zero-order valence-corrected chi connectivity index (χ0v) is 5.78. The van der Waals surface area contributed by atoms with Crippen molar-refractivity contribution in [3.63, 3.8) is 0 Å². The van der Waals surface area contributed by atoms with Crippen molar-refractivity contribution in [2.75, 3.05) is 6.54 Å². The Hall–Kier alpha value is -0.990. The second kappa shape index (κ2) is 7.01. The highest BCUT2D eigenvalue weighted by atomic mass is 14.9. The Morgan fingerprint density at radius 2 is 2.00 bits per heavy atom. The van der Waals surface area contributed by atoms with Crippen LogP contribution in [0.15, 0.2) is 15.0 Å². The Labute approximate surface area is 55.2 Å². The lowest BCUT2D eigenvalue weighted by atomic mass is 10.8. The molecule has 0 rings (SSSR count). The molecule has 0 saturated heterocycles. The predicted octanol–water partition coefficient (Wildman–Crippen LogP) is 1.15. The van der Waals surface area contributed by atoms with Crippen LogP contribution in [0.25, 0.3) is 0 Å². The Morgan fingerprint density at radius 1 is 1.22 bits per heavy atom. The number of hydrogen-bond donors (Lipinski definition) is 0. The molecule has 3 heteroatoms. The van der Waals surface area contributed by atoms with Gasteiger partial charge in [-0.15, -0.1) is 0 Å². The molecule has 0 aliphatic heterocycles. The van der Waals surface area contributed by atoms with E-state index in [-0.39, 0.29) is 0 Å². The second-order valence-corrected chi connectivity index (χ2v) is 1.29. The lowest BCUT2D eigenvalue weighted by Crippen LogP contribution is -1.71. The van der Waals surface area contributed by atoms with Crippen molar-refractivity contribution in [2.45, 2.75) is 13.8 Å². The van der Waals surface area contributed by atoms with Gasteiger partial charge in [0.1, 0.15) is 12.7 Å². The minimum absolute atomic E-state index is 0.771. The molecule has 0 N–H and O–H groups in total. The third kappa shape index (κ3) is 7.01. The summed E-state index contributed by atoms with van der Waals surface area (Å²) in [5, 5.41) is 0. The van der Waals surface area contributed by atoms with Crippen molar-refractivity contribution >= 4 is 18.9 Å². The summed E-state index contributed by atoms with van der Waals surface area (Å²) in [6, 6.07) is 0. The molecule has 0 bridgehead atoms. The molecule has 0 fully saturated rings. The molecule has 3 nitrogen and oxygen atoms in total. The van der Waals surface area contributed by atoms with Gasteiger partial charge in [0, 0.05) is 12.8 Å². The molecule has 0 spiro atoms. The van der Waals surface area contributed by atoms with Crippen molar-refractivity contribution in [3.05, 3.63) is 0 Å². The number of hydrogen-bond acceptors (Lipinski definition) is 1. The lowest BCUT2D eigenvalue weighted by molar-refractivity contribution is 1.14. The standard InChI is InChI=1S/C6H11N3/c1-3-7-5-9-6-8-4-2/h3,5-6H,4H2,1-2H3. The molecule has 50 valence electrons. The van der Waals surface area contributed by atoms with E-state index in [9.17, 15) is 0 Å². The molecule has 0 aliphatic carbocycles. The van der Waals surface area contributed by atoms with Crippen LogP contribution in [0.2, 0.25) is 0 Å². The van der Waals surface area contributed by atoms with Crippen LogP contribution in [0.5, 0.6) is 0 Å². The van der Waals surface area contributed by atoms with Gasteiger partial charge in [0.05, 0.1) is 0 Å². The largest absolute Gasteiger partial charge is 0.274 e. The second-order valence-electron chi connectivity index (χ2n) is 1.29. The molecule has 0 aromatic carbocycles. The van der Waals surface area contributed by atoms with Crippen LogP contribution in [-0.2, 0) is 0 Å². The molecule has 0 amide bonds. The van der Waals surface area contributed by atoms with E-state index >= 15 is 0 Å². The molecule has 0 saturated carbocycles. The Balaban J connectivity index is 3.35. The van der Waals surface area contributed by atoms with Gasteiger partial charge in [-0.05, 0) is 13.8 Å². The average molecular weight is 125 g/mol. The normalized spacial score (nSPS) is 12.7. The first-order valence-electron chi connectivity index (χ1n) is 2.89. The summed E-state index contributed by atoms with van der Waals surface area (Å²) in [5.74, 6) is 0. The van der Waals surface area contributed by atoms with E-state index in [0.29, 0.717) is 0 Å². The summed E-state index contributed by atoms with van der Waals surface area (Å²) in [6.07, 6.45) is 4.62. The zero-order chi connectivity index (χ0) is 6.95. The maximum Gasteiger partial charge on any atom is 0.116 e. The van der Waals surface area contributed by atoms with Gasteiger partial charge in [0.2, 0.25) is 0 Å². The summed E-state index contributed by atoms with van der Waals surface area (Å²) < 4.78 is 0. The first kappa shape index (κ1) is 8.01. The molecule has 0 atom stereocenters. The highest BCUT2D eigenvalue weighted by molar-refractivity contribution is 5.77. The van der Waals surface area contributed by atoms with Gasteiger partial charge in [0.15, 0.2) is 0 Å². The fraction of sp³-hybridized carbons (Fsp3) is 0.500. The Kier molecular flexibility index (Phi) is 6.24. The van der Waals surface area contributed by atoms with Crippen LogP contribution in [-0.4, -0.2) is 25.4 Å². The fourth-order valence-electron chi connectivity index (χ4n) is 0.264. The van der Waals surface area contributed by atoms with Gasteiger partial charge in [-0.3, -0.25) is 4.99 Å². The highest BCUT2D eigenvalue weighted by Gasteiger charge is 1.60. The van der Waals surface area contributed by atoms with Crippen LogP contribution >= 0.6 is 0 Å². The predicted molar refractivity (Wildman–Crippen MR) is 41.7 cm³/mol. The van der Waals surface area contributed by atoms with Crippen LogP contribution in [0, 0.1) is 0 Å². The third-order valence-electron chi connectivity index (χ3n) is 0.613. The summed E-state index contributed by atoms with van der Waals surface area (Å²) in [7, 11) is 0. The molecular formula is C6H11N3. The first-order valence-corrected chi connectivity index (χ1v) is 2.89. The maximum absolute atomic E-state index is 3.85. The molecule has 0 aromatic heterocycles. The minimum Gasteiger partial charge on any atom is -0.274 e. The van der Waals surface area contributed by atoms with Crippen LogP contribution in [0.1, 0.15) is 13.8 Å². The summed E-state index contributed by atoms with van der Waals surface area (Å²) in [6.45, 7) is 4.56. The molecular weight excluding hydrogens is 114 g/mol. The molecule has 0 unspecified atom stereocenters. The van der Waals surface area contributed by atoms with Gasteiger partial charge in [-0.2, -0.15) is 0 Å².